The molecule has 1 saturated carbocycles. The Morgan fingerprint density at radius 2 is 2.03 bits per heavy atom. The van der Waals surface area contributed by atoms with Gasteiger partial charge in [-0.25, -0.2) is 9.97 Å². The van der Waals surface area contributed by atoms with Gasteiger partial charge in [0, 0.05) is 53.3 Å². The second kappa shape index (κ2) is 7.74. The summed E-state index contributed by atoms with van der Waals surface area (Å²) in [5.41, 5.74) is 5.39. The number of aromatic nitrogens is 4. The molecule has 1 aliphatic carbocycles. The molecule has 4 aromatic rings. The van der Waals surface area contributed by atoms with Crippen LogP contribution in [-0.4, -0.2) is 30.4 Å². The lowest BCUT2D eigenvalue weighted by Crippen LogP contribution is -2.14. The molecule has 0 bridgehead atoms. The van der Waals surface area contributed by atoms with Crippen LogP contribution >= 0.6 is 0 Å². The van der Waals surface area contributed by atoms with Crippen LogP contribution in [0.25, 0.3) is 27.7 Å². The molecule has 0 saturated heterocycles. The fourth-order valence-corrected chi connectivity index (χ4v) is 4.00. The average molecular weight is 415 g/mol. The lowest BCUT2D eigenvalue weighted by atomic mass is 10.00. The minimum absolute atomic E-state index is 0.0393. The maximum atomic E-state index is 12.1. The number of fused-ring (bicyclic) bond motifs is 3. The standard InChI is InChI=1S/C24H25N5O2/c1-3-4-21(30)19-9-14(2)18(13-26-19)17-10-16-12-27-22(28-24(31)15-5-6-15)11-20(16)29-8-7-25-23(17)29/h7-13,15,21,30H,3-6H2,1-2H3,(H,27,28,31)/t21-/m1/s1. The fourth-order valence-electron chi connectivity index (χ4n) is 4.00. The van der Waals surface area contributed by atoms with Gasteiger partial charge in [0.2, 0.25) is 5.91 Å². The van der Waals surface area contributed by atoms with Gasteiger partial charge < -0.3 is 10.4 Å². The summed E-state index contributed by atoms with van der Waals surface area (Å²) >= 11 is 0. The number of carbonyl (C=O) groups excluding carboxylic acids is 1. The van der Waals surface area contributed by atoms with Crippen molar-refractivity contribution in [2.24, 2.45) is 5.92 Å². The van der Waals surface area contributed by atoms with E-state index in [2.05, 4.69) is 26.3 Å². The summed E-state index contributed by atoms with van der Waals surface area (Å²) in [5.74, 6) is 0.721. The Bertz CT molecular complexity index is 1290. The molecule has 1 fully saturated rings. The normalized spacial score (nSPS) is 14.8. The van der Waals surface area contributed by atoms with Crippen molar-refractivity contribution < 1.29 is 9.90 Å². The number of aliphatic hydroxyl groups excluding tert-OH is 1. The first-order chi connectivity index (χ1) is 15.0. The Balaban J connectivity index is 1.58. The van der Waals surface area contributed by atoms with Gasteiger partial charge in [-0.15, -0.1) is 0 Å². The number of imidazole rings is 1. The molecule has 5 rings (SSSR count). The van der Waals surface area contributed by atoms with Crippen molar-refractivity contribution in [2.45, 2.75) is 45.6 Å². The zero-order valence-corrected chi connectivity index (χ0v) is 17.7. The molecule has 0 aliphatic heterocycles. The minimum Gasteiger partial charge on any atom is -0.387 e. The van der Waals surface area contributed by atoms with E-state index in [1.807, 2.05) is 42.8 Å². The number of anilines is 1. The maximum absolute atomic E-state index is 12.1. The highest BCUT2D eigenvalue weighted by atomic mass is 16.3. The van der Waals surface area contributed by atoms with Gasteiger partial charge in [-0.05, 0) is 43.9 Å². The smallest absolute Gasteiger partial charge is 0.228 e. The number of amides is 1. The van der Waals surface area contributed by atoms with E-state index in [9.17, 15) is 9.90 Å². The molecule has 0 unspecified atom stereocenters. The predicted octanol–water partition coefficient (Wildman–Crippen LogP) is 4.43. The van der Waals surface area contributed by atoms with Crippen LogP contribution in [-0.2, 0) is 4.79 Å². The lowest BCUT2D eigenvalue weighted by Gasteiger charge is -2.14. The van der Waals surface area contributed by atoms with Gasteiger partial charge in [0.05, 0.1) is 17.3 Å². The highest BCUT2D eigenvalue weighted by molar-refractivity contribution is 5.96. The largest absolute Gasteiger partial charge is 0.387 e. The second-order valence-corrected chi connectivity index (χ2v) is 8.30. The summed E-state index contributed by atoms with van der Waals surface area (Å²) in [6.07, 6.45) is 10.2. The van der Waals surface area contributed by atoms with Crippen molar-refractivity contribution in [1.82, 2.24) is 19.4 Å². The number of nitrogens with zero attached hydrogens (tertiary/aromatic N) is 4. The number of nitrogens with one attached hydrogen (secondary N) is 1. The van der Waals surface area contributed by atoms with Gasteiger partial charge in [-0.1, -0.05) is 13.3 Å². The topological polar surface area (TPSA) is 92.4 Å². The number of carbonyl (C=O) groups is 1. The Morgan fingerprint density at radius 3 is 2.77 bits per heavy atom. The Labute approximate surface area is 180 Å². The third kappa shape index (κ3) is 3.65. The zero-order chi connectivity index (χ0) is 21.5. The first-order valence-corrected chi connectivity index (χ1v) is 10.8. The van der Waals surface area contributed by atoms with E-state index in [0.717, 1.165) is 52.5 Å². The minimum atomic E-state index is -0.547. The van der Waals surface area contributed by atoms with Crippen molar-refractivity contribution in [1.29, 1.82) is 0 Å². The van der Waals surface area contributed by atoms with E-state index in [1.54, 1.807) is 12.4 Å². The molecule has 0 spiro atoms. The summed E-state index contributed by atoms with van der Waals surface area (Å²) in [6, 6.07) is 5.90. The second-order valence-electron chi connectivity index (χ2n) is 8.30. The summed E-state index contributed by atoms with van der Waals surface area (Å²) < 4.78 is 2.01. The summed E-state index contributed by atoms with van der Waals surface area (Å²) in [5, 5.41) is 14.2. The van der Waals surface area contributed by atoms with Crippen molar-refractivity contribution in [3.8, 4) is 11.1 Å². The van der Waals surface area contributed by atoms with E-state index < -0.39 is 6.10 Å². The number of pyridine rings is 3. The summed E-state index contributed by atoms with van der Waals surface area (Å²) in [7, 11) is 0. The quantitative estimate of drug-likeness (QED) is 0.486. The first kappa shape index (κ1) is 19.6. The zero-order valence-electron chi connectivity index (χ0n) is 17.7. The Hall–Kier alpha value is -3.32. The molecule has 1 amide bonds. The van der Waals surface area contributed by atoms with Crippen LogP contribution in [0.4, 0.5) is 5.82 Å². The van der Waals surface area contributed by atoms with Gasteiger partial charge in [0.25, 0.3) is 0 Å². The van der Waals surface area contributed by atoms with Gasteiger partial charge in [0.1, 0.15) is 11.5 Å². The molecule has 0 radical (unpaired) electrons. The maximum Gasteiger partial charge on any atom is 0.228 e. The monoisotopic (exact) mass is 415 g/mol. The van der Waals surface area contributed by atoms with Crippen molar-refractivity contribution in [3.63, 3.8) is 0 Å². The number of rotatable bonds is 6. The van der Waals surface area contributed by atoms with Crippen LogP contribution in [0.15, 0.2) is 43.0 Å². The SMILES string of the molecule is CCC[C@@H](O)c1cc(C)c(-c2cc3cnc(NC(=O)C4CC4)cc3n3ccnc23)cn1. The molecule has 7 heteroatoms. The number of aryl methyl sites for hydroxylation is 1. The Morgan fingerprint density at radius 1 is 1.19 bits per heavy atom. The van der Waals surface area contributed by atoms with Gasteiger partial charge in [-0.3, -0.25) is 14.2 Å². The highest BCUT2D eigenvalue weighted by Gasteiger charge is 2.29. The molecule has 1 aliphatic rings. The average Bonchev–Trinajstić information content (AvgIpc) is 3.50. The van der Waals surface area contributed by atoms with E-state index in [4.69, 9.17) is 0 Å². The van der Waals surface area contributed by atoms with Crippen LogP contribution < -0.4 is 5.32 Å². The van der Waals surface area contributed by atoms with Crippen LogP contribution in [0.2, 0.25) is 0 Å². The molecule has 4 aromatic heterocycles. The first-order valence-electron chi connectivity index (χ1n) is 10.8. The molecule has 7 nitrogen and oxygen atoms in total. The summed E-state index contributed by atoms with van der Waals surface area (Å²) in [4.78, 5) is 25.7. The molecule has 1 atom stereocenters. The molecule has 0 aromatic carbocycles. The predicted molar refractivity (Wildman–Crippen MR) is 120 cm³/mol. The molecule has 158 valence electrons. The molecular weight excluding hydrogens is 390 g/mol. The lowest BCUT2D eigenvalue weighted by molar-refractivity contribution is -0.117. The van der Waals surface area contributed by atoms with E-state index in [-0.39, 0.29) is 11.8 Å². The third-order valence-corrected chi connectivity index (χ3v) is 5.88. The number of hydrogen-bond donors (Lipinski definition) is 2. The van der Waals surface area contributed by atoms with E-state index in [0.29, 0.717) is 17.9 Å². The molecular formula is C24H25N5O2. The number of aliphatic hydroxyl groups is 1. The van der Waals surface area contributed by atoms with Gasteiger partial charge in [-0.2, -0.15) is 0 Å². The highest BCUT2D eigenvalue weighted by Crippen LogP contribution is 2.33. The van der Waals surface area contributed by atoms with Crippen LogP contribution in [0.5, 0.6) is 0 Å². The van der Waals surface area contributed by atoms with Gasteiger partial charge in [0.15, 0.2) is 0 Å². The third-order valence-electron chi connectivity index (χ3n) is 5.88. The van der Waals surface area contributed by atoms with Gasteiger partial charge >= 0.3 is 0 Å². The molecule has 4 heterocycles. The van der Waals surface area contributed by atoms with Crippen LogP contribution in [0, 0.1) is 12.8 Å². The molecule has 2 N–H and O–H groups in total. The van der Waals surface area contributed by atoms with E-state index >= 15 is 0 Å². The Kier molecular flexibility index (Phi) is 4.90. The number of hydrogen-bond acceptors (Lipinski definition) is 5. The van der Waals surface area contributed by atoms with Crippen LogP contribution in [0.3, 0.4) is 0 Å². The fraction of sp³-hybridized carbons (Fsp3) is 0.333. The van der Waals surface area contributed by atoms with Crippen molar-refractivity contribution >= 4 is 28.3 Å². The van der Waals surface area contributed by atoms with Crippen molar-refractivity contribution in [3.05, 3.63) is 54.2 Å². The van der Waals surface area contributed by atoms with Crippen LogP contribution in [0.1, 0.15) is 50.0 Å². The van der Waals surface area contributed by atoms with E-state index in [1.165, 1.54) is 0 Å². The molecule has 31 heavy (non-hydrogen) atoms. The van der Waals surface area contributed by atoms with Crippen molar-refractivity contribution in [2.75, 3.05) is 5.32 Å². The summed E-state index contributed by atoms with van der Waals surface area (Å²) in [6.45, 7) is 4.07.